The first-order chi connectivity index (χ1) is 8.99. The van der Waals surface area contributed by atoms with Crippen LogP contribution in [0.5, 0.6) is 0 Å². The van der Waals surface area contributed by atoms with Gasteiger partial charge in [-0.3, -0.25) is 4.79 Å². The number of likely N-dealkylation sites (N-methyl/N-ethyl adjacent to an activating group) is 1. The van der Waals surface area contributed by atoms with Crippen LogP contribution in [0.25, 0.3) is 0 Å². The molecule has 0 aliphatic carbocycles. The molecular weight excluding hydrogens is 247 g/mol. The molecule has 19 heavy (non-hydrogen) atoms. The van der Waals surface area contributed by atoms with Crippen LogP contribution < -0.4 is 4.90 Å². The standard InChI is InChI=1S/C14H19FN2O2/c1-10(14(18)19)11-3-4-13(12(15)9-11)17-7-5-16(2)6-8-17/h3-4,9-10H,5-8H2,1-2H3,(H,18,19). The maximum absolute atomic E-state index is 14.1. The summed E-state index contributed by atoms with van der Waals surface area (Å²) in [5, 5.41) is 8.94. The summed E-state index contributed by atoms with van der Waals surface area (Å²) in [6.45, 7) is 4.97. The summed E-state index contributed by atoms with van der Waals surface area (Å²) in [6.07, 6.45) is 0. The molecule has 0 bridgehead atoms. The molecule has 104 valence electrons. The van der Waals surface area contributed by atoms with Crippen molar-refractivity contribution in [2.75, 3.05) is 38.1 Å². The molecule has 1 aliphatic rings. The summed E-state index contributed by atoms with van der Waals surface area (Å²) in [5.41, 5.74) is 1.07. The zero-order chi connectivity index (χ0) is 14.0. The lowest BCUT2D eigenvalue weighted by Crippen LogP contribution is -2.44. The Morgan fingerprint density at radius 3 is 2.47 bits per heavy atom. The molecular formula is C14H19FN2O2. The van der Waals surface area contributed by atoms with Gasteiger partial charge in [0.25, 0.3) is 0 Å². The summed E-state index contributed by atoms with van der Waals surface area (Å²) < 4.78 is 14.1. The minimum Gasteiger partial charge on any atom is -0.481 e. The van der Waals surface area contributed by atoms with E-state index in [4.69, 9.17) is 5.11 Å². The zero-order valence-corrected chi connectivity index (χ0v) is 11.3. The van der Waals surface area contributed by atoms with Crippen LogP contribution in [0.1, 0.15) is 18.4 Å². The quantitative estimate of drug-likeness (QED) is 0.905. The number of carbonyl (C=O) groups is 1. The van der Waals surface area contributed by atoms with Crippen molar-refractivity contribution in [3.8, 4) is 0 Å². The van der Waals surface area contributed by atoms with E-state index in [9.17, 15) is 9.18 Å². The molecule has 1 aromatic carbocycles. The maximum atomic E-state index is 14.1. The van der Waals surface area contributed by atoms with Crippen LogP contribution >= 0.6 is 0 Å². The lowest BCUT2D eigenvalue weighted by atomic mass is 10.0. The molecule has 1 aliphatic heterocycles. The molecule has 1 heterocycles. The predicted molar refractivity (Wildman–Crippen MR) is 72.2 cm³/mol. The van der Waals surface area contributed by atoms with Crippen molar-refractivity contribution >= 4 is 11.7 Å². The monoisotopic (exact) mass is 266 g/mol. The number of carboxylic acid groups (broad SMARTS) is 1. The summed E-state index contributed by atoms with van der Waals surface area (Å²) in [7, 11) is 2.05. The van der Waals surface area contributed by atoms with Crippen LogP contribution in [0.3, 0.4) is 0 Å². The lowest BCUT2D eigenvalue weighted by Gasteiger charge is -2.34. The third kappa shape index (κ3) is 3.04. The molecule has 1 saturated heterocycles. The highest BCUT2D eigenvalue weighted by Crippen LogP contribution is 2.25. The van der Waals surface area contributed by atoms with Gasteiger partial charge in [-0.25, -0.2) is 4.39 Å². The van der Waals surface area contributed by atoms with Crippen LogP contribution in [-0.2, 0) is 4.79 Å². The van der Waals surface area contributed by atoms with Crippen molar-refractivity contribution in [1.29, 1.82) is 0 Å². The van der Waals surface area contributed by atoms with Crippen LogP contribution in [0.4, 0.5) is 10.1 Å². The molecule has 0 spiro atoms. The first-order valence-corrected chi connectivity index (χ1v) is 6.45. The Kier molecular flexibility index (Phi) is 4.04. The Hall–Kier alpha value is -1.62. The van der Waals surface area contributed by atoms with Crippen LogP contribution in [0.15, 0.2) is 18.2 Å². The molecule has 0 aromatic heterocycles. The molecule has 1 N–H and O–H groups in total. The molecule has 2 rings (SSSR count). The van der Waals surface area contributed by atoms with Gasteiger partial charge in [-0.05, 0) is 31.7 Å². The third-order valence-corrected chi connectivity index (χ3v) is 3.69. The Morgan fingerprint density at radius 1 is 1.32 bits per heavy atom. The minimum absolute atomic E-state index is 0.338. The second kappa shape index (κ2) is 5.57. The number of benzene rings is 1. The third-order valence-electron chi connectivity index (χ3n) is 3.69. The average molecular weight is 266 g/mol. The molecule has 0 saturated carbocycles. The molecule has 1 unspecified atom stereocenters. The number of hydrogen-bond acceptors (Lipinski definition) is 3. The Labute approximate surface area is 112 Å². The highest BCUT2D eigenvalue weighted by molar-refractivity contribution is 5.75. The highest BCUT2D eigenvalue weighted by Gasteiger charge is 2.20. The fourth-order valence-electron chi connectivity index (χ4n) is 2.24. The number of hydrogen-bond donors (Lipinski definition) is 1. The second-order valence-electron chi connectivity index (χ2n) is 5.06. The molecule has 1 aromatic rings. The van der Waals surface area contributed by atoms with Gasteiger partial charge < -0.3 is 14.9 Å². The Bertz CT molecular complexity index is 471. The van der Waals surface area contributed by atoms with E-state index < -0.39 is 11.9 Å². The van der Waals surface area contributed by atoms with Crippen LogP contribution in [-0.4, -0.2) is 49.2 Å². The van der Waals surface area contributed by atoms with Gasteiger partial charge in [0.2, 0.25) is 0 Å². The minimum atomic E-state index is -0.938. The number of rotatable bonds is 3. The molecule has 5 heteroatoms. The maximum Gasteiger partial charge on any atom is 0.310 e. The SMILES string of the molecule is CC(C(=O)O)c1ccc(N2CCN(C)CC2)c(F)c1. The van der Waals surface area contributed by atoms with Crippen molar-refractivity contribution in [3.63, 3.8) is 0 Å². The van der Waals surface area contributed by atoms with Crippen molar-refractivity contribution in [1.82, 2.24) is 4.90 Å². The number of nitrogens with zero attached hydrogens (tertiary/aromatic N) is 2. The van der Waals surface area contributed by atoms with Gasteiger partial charge in [-0.2, -0.15) is 0 Å². The second-order valence-corrected chi connectivity index (χ2v) is 5.06. The van der Waals surface area contributed by atoms with E-state index in [0.717, 1.165) is 26.2 Å². The van der Waals surface area contributed by atoms with Crippen molar-refractivity contribution in [3.05, 3.63) is 29.6 Å². The first kappa shape index (κ1) is 13.8. The van der Waals surface area contributed by atoms with Crippen LogP contribution in [0.2, 0.25) is 0 Å². The fourth-order valence-corrected chi connectivity index (χ4v) is 2.24. The molecule has 1 fully saturated rings. The summed E-state index contributed by atoms with van der Waals surface area (Å²) in [4.78, 5) is 15.1. The number of halogens is 1. The van der Waals surface area contributed by atoms with Crippen molar-refractivity contribution in [2.45, 2.75) is 12.8 Å². The Balaban J connectivity index is 2.17. The lowest BCUT2D eigenvalue weighted by molar-refractivity contribution is -0.138. The van der Waals surface area contributed by atoms with Gasteiger partial charge in [0.15, 0.2) is 0 Å². The van der Waals surface area contributed by atoms with E-state index in [1.54, 1.807) is 19.1 Å². The van der Waals surface area contributed by atoms with E-state index in [-0.39, 0.29) is 5.82 Å². The van der Waals surface area contributed by atoms with E-state index in [1.165, 1.54) is 6.07 Å². The fraction of sp³-hybridized carbons (Fsp3) is 0.500. The van der Waals surface area contributed by atoms with Crippen molar-refractivity contribution in [2.24, 2.45) is 0 Å². The average Bonchev–Trinajstić information content (AvgIpc) is 2.39. The summed E-state index contributed by atoms with van der Waals surface area (Å²) in [5.74, 6) is -1.96. The van der Waals surface area contributed by atoms with E-state index in [2.05, 4.69) is 4.90 Å². The topological polar surface area (TPSA) is 43.8 Å². The summed E-state index contributed by atoms with van der Waals surface area (Å²) in [6, 6.07) is 4.73. The predicted octanol–water partition coefficient (Wildman–Crippen LogP) is 1.77. The van der Waals surface area contributed by atoms with Crippen molar-refractivity contribution < 1.29 is 14.3 Å². The largest absolute Gasteiger partial charge is 0.481 e. The number of anilines is 1. The van der Waals surface area contributed by atoms with Gasteiger partial charge in [0.05, 0.1) is 11.6 Å². The van der Waals surface area contributed by atoms with E-state index >= 15 is 0 Å². The number of piperazine rings is 1. The molecule has 4 nitrogen and oxygen atoms in total. The number of carboxylic acids is 1. The van der Waals surface area contributed by atoms with E-state index in [1.807, 2.05) is 11.9 Å². The summed E-state index contributed by atoms with van der Waals surface area (Å²) >= 11 is 0. The highest BCUT2D eigenvalue weighted by atomic mass is 19.1. The van der Waals surface area contributed by atoms with Crippen LogP contribution in [0, 0.1) is 5.82 Å². The van der Waals surface area contributed by atoms with Gasteiger partial charge >= 0.3 is 5.97 Å². The Morgan fingerprint density at radius 2 is 1.95 bits per heavy atom. The number of aliphatic carboxylic acids is 1. The smallest absolute Gasteiger partial charge is 0.310 e. The van der Waals surface area contributed by atoms with Gasteiger partial charge in [0, 0.05) is 26.2 Å². The van der Waals surface area contributed by atoms with Gasteiger partial charge in [-0.1, -0.05) is 6.07 Å². The van der Waals surface area contributed by atoms with Gasteiger partial charge in [0.1, 0.15) is 5.82 Å². The first-order valence-electron chi connectivity index (χ1n) is 6.45. The molecule has 0 amide bonds. The normalized spacial score (nSPS) is 18.4. The molecule has 0 radical (unpaired) electrons. The van der Waals surface area contributed by atoms with Gasteiger partial charge in [-0.15, -0.1) is 0 Å². The molecule has 1 atom stereocenters. The zero-order valence-electron chi connectivity index (χ0n) is 11.3. The van der Waals surface area contributed by atoms with E-state index in [0.29, 0.717) is 11.3 Å².